The third kappa shape index (κ3) is 5.40. The van der Waals surface area contributed by atoms with Crippen LogP contribution in [0.3, 0.4) is 0 Å². The van der Waals surface area contributed by atoms with E-state index in [1.54, 1.807) is 23.0 Å². The van der Waals surface area contributed by atoms with Gasteiger partial charge in [0, 0.05) is 17.0 Å². The van der Waals surface area contributed by atoms with Crippen molar-refractivity contribution in [2.45, 2.75) is 46.4 Å². The van der Waals surface area contributed by atoms with Crippen molar-refractivity contribution in [2.75, 3.05) is 6.61 Å². The highest BCUT2D eigenvalue weighted by Gasteiger charge is 2.13. The van der Waals surface area contributed by atoms with E-state index < -0.39 is 6.10 Å². The Bertz CT molecular complexity index is 1310. The predicted octanol–water partition coefficient (Wildman–Crippen LogP) is 3.58. The number of nitrogens with zero attached hydrogens (tertiary/aromatic N) is 3. The molecule has 8 nitrogen and oxygen atoms in total. The molecule has 0 aliphatic rings. The lowest BCUT2D eigenvalue weighted by molar-refractivity contribution is 0.0888. The minimum atomic E-state index is -0.802. The van der Waals surface area contributed by atoms with Gasteiger partial charge in [-0.3, -0.25) is 0 Å². The van der Waals surface area contributed by atoms with Gasteiger partial charge in [0.15, 0.2) is 0 Å². The number of aromatic nitrogens is 3. The number of hydrogen-bond donors (Lipinski definition) is 1. The lowest BCUT2D eigenvalue weighted by atomic mass is 10.0. The third-order valence-corrected chi connectivity index (χ3v) is 5.41. The van der Waals surface area contributed by atoms with Crippen LogP contribution < -0.4 is 15.1 Å². The molecular weight excluding hydrogens is 422 g/mol. The maximum Gasteiger partial charge on any atom is 0.339 e. The van der Waals surface area contributed by atoms with E-state index >= 15 is 0 Å². The Kier molecular flexibility index (Phi) is 6.74. The van der Waals surface area contributed by atoms with E-state index in [1.165, 1.54) is 0 Å². The molecule has 1 atom stereocenters. The zero-order valence-electron chi connectivity index (χ0n) is 18.9. The van der Waals surface area contributed by atoms with E-state index in [9.17, 15) is 9.90 Å². The molecule has 2 aromatic carbocycles. The second kappa shape index (κ2) is 9.87. The van der Waals surface area contributed by atoms with Crippen LogP contribution in [0.15, 0.2) is 57.9 Å². The summed E-state index contributed by atoms with van der Waals surface area (Å²) in [7, 11) is 0. The molecule has 0 aliphatic heterocycles. The van der Waals surface area contributed by atoms with E-state index in [0.29, 0.717) is 29.0 Å². The van der Waals surface area contributed by atoms with Gasteiger partial charge in [-0.2, -0.15) is 0 Å². The lowest BCUT2D eigenvalue weighted by Crippen LogP contribution is -2.24. The first-order valence-corrected chi connectivity index (χ1v) is 10.9. The zero-order chi connectivity index (χ0) is 23.4. The smallest absolute Gasteiger partial charge is 0.339 e. The van der Waals surface area contributed by atoms with Crippen LogP contribution in [0.25, 0.3) is 11.0 Å². The summed E-state index contributed by atoms with van der Waals surface area (Å²) < 4.78 is 18.4. The molecule has 0 amide bonds. The molecule has 1 N–H and O–H groups in total. The molecule has 0 saturated heterocycles. The Hall–Kier alpha value is -3.65. The van der Waals surface area contributed by atoms with Crippen molar-refractivity contribution in [2.24, 2.45) is 0 Å². The molecule has 0 saturated carbocycles. The SMILES string of the molecule is CCc1c(C)c2ccc(OCC(O)Cn3cc(COc4cccc(C)c4)nn3)cc2oc1=O. The second-order valence-electron chi connectivity index (χ2n) is 8.01. The minimum absolute atomic E-state index is 0.0523. The molecule has 33 heavy (non-hydrogen) atoms. The zero-order valence-corrected chi connectivity index (χ0v) is 18.9. The maximum absolute atomic E-state index is 12.1. The number of aliphatic hydroxyl groups excluding tert-OH is 1. The average molecular weight is 450 g/mol. The van der Waals surface area contributed by atoms with Crippen LogP contribution in [0.2, 0.25) is 0 Å². The van der Waals surface area contributed by atoms with Gasteiger partial charge in [0.05, 0.1) is 12.7 Å². The van der Waals surface area contributed by atoms with Crippen molar-refractivity contribution in [3.8, 4) is 11.5 Å². The molecule has 2 aromatic heterocycles. The van der Waals surface area contributed by atoms with Crippen molar-refractivity contribution in [3.63, 3.8) is 0 Å². The van der Waals surface area contributed by atoms with E-state index in [4.69, 9.17) is 13.9 Å². The van der Waals surface area contributed by atoms with Crippen LogP contribution in [0, 0.1) is 13.8 Å². The quantitative estimate of drug-likeness (QED) is 0.390. The average Bonchev–Trinajstić information content (AvgIpc) is 3.23. The van der Waals surface area contributed by atoms with E-state index in [0.717, 1.165) is 22.3 Å². The number of ether oxygens (including phenoxy) is 2. The third-order valence-electron chi connectivity index (χ3n) is 5.41. The normalized spacial score (nSPS) is 12.1. The van der Waals surface area contributed by atoms with Gasteiger partial charge in [0.2, 0.25) is 0 Å². The molecular formula is C25H27N3O5. The van der Waals surface area contributed by atoms with Gasteiger partial charge in [-0.05, 0) is 55.7 Å². The summed E-state index contributed by atoms with van der Waals surface area (Å²) in [4.78, 5) is 12.1. The van der Waals surface area contributed by atoms with Gasteiger partial charge >= 0.3 is 5.63 Å². The summed E-state index contributed by atoms with van der Waals surface area (Å²) in [6.07, 6.45) is 1.55. The summed E-state index contributed by atoms with van der Waals surface area (Å²) >= 11 is 0. The maximum atomic E-state index is 12.1. The summed E-state index contributed by atoms with van der Waals surface area (Å²) in [5.74, 6) is 1.28. The number of hydrogen-bond acceptors (Lipinski definition) is 7. The van der Waals surface area contributed by atoms with Gasteiger partial charge in [0.1, 0.15) is 42.1 Å². The summed E-state index contributed by atoms with van der Waals surface area (Å²) in [6.45, 7) is 6.41. The Labute approximate surface area is 191 Å². The summed E-state index contributed by atoms with van der Waals surface area (Å²) in [5.41, 5.74) is 3.53. The first kappa shape index (κ1) is 22.5. The Morgan fingerprint density at radius 1 is 1.12 bits per heavy atom. The van der Waals surface area contributed by atoms with Crippen LogP contribution in [0.4, 0.5) is 0 Å². The molecule has 4 aromatic rings. The minimum Gasteiger partial charge on any atom is -0.491 e. The van der Waals surface area contributed by atoms with Crippen molar-refractivity contribution in [1.82, 2.24) is 15.0 Å². The fraction of sp³-hybridized carbons (Fsp3) is 0.320. The van der Waals surface area contributed by atoms with Crippen molar-refractivity contribution >= 4 is 11.0 Å². The van der Waals surface area contributed by atoms with Gasteiger partial charge in [-0.1, -0.05) is 24.3 Å². The number of aryl methyl sites for hydroxylation is 2. The molecule has 172 valence electrons. The standard InChI is InChI=1S/C25H27N3O5/c1-4-22-17(3)23-9-8-21(11-24(23)33-25(22)30)32-15-19(29)13-28-12-18(26-27-28)14-31-20-7-5-6-16(2)10-20/h5-12,19,29H,4,13-15H2,1-3H3. The van der Waals surface area contributed by atoms with Gasteiger partial charge < -0.3 is 19.0 Å². The molecule has 0 radical (unpaired) electrons. The Balaban J connectivity index is 1.32. The number of rotatable bonds is 9. The highest BCUT2D eigenvalue weighted by Crippen LogP contribution is 2.24. The summed E-state index contributed by atoms with van der Waals surface area (Å²) in [5, 5.41) is 19.4. The molecule has 8 heteroatoms. The fourth-order valence-electron chi connectivity index (χ4n) is 3.69. The molecule has 1 unspecified atom stereocenters. The molecule has 0 fully saturated rings. The first-order valence-electron chi connectivity index (χ1n) is 10.9. The first-order chi connectivity index (χ1) is 15.9. The van der Waals surface area contributed by atoms with E-state index in [2.05, 4.69) is 10.3 Å². The predicted molar refractivity (Wildman–Crippen MR) is 124 cm³/mol. The van der Waals surface area contributed by atoms with E-state index in [1.807, 2.05) is 51.1 Å². The molecule has 0 aliphatic carbocycles. The monoisotopic (exact) mass is 449 g/mol. The Morgan fingerprint density at radius 2 is 1.94 bits per heavy atom. The largest absolute Gasteiger partial charge is 0.491 e. The fourth-order valence-corrected chi connectivity index (χ4v) is 3.69. The van der Waals surface area contributed by atoms with Crippen LogP contribution in [0.5, 0.6) is 11.5 Å². The van der Waals surface area contributed by atoms with Gasteiger partial charge in [-0.15, -0.1) is 5.10 Å². The van der Waals surface area contributed by atoms with Crippen LogP contribution in [0.1, 0.15) is 29.3 Å². The second-order valence-corrected chi connectivity index (χ2v) is 8.01. The molecule has 0 spiro atoms. The van der Waals surface area contributed by atoms with Crippen molar-refractivity contribution < 1.29 is 19.0 Å². The number of benzene rings is 2. The Morgan fingerprint density at radius 3 is 2.73 bits per heavy atom. The number of aliphatic hydroxyl groups is 1. The highest BCUT2D eigenvalue weighted by molar-refractivity contribution is 5.82. The van der Waals surface area contributed by atoms with Gasteiger partial charge in [-0.25, -0.2) is 9.48 Å². The molecule has 4 rings (SSSR count). The summed E-state index contributed by atoms with van der Waals surface area (Å²) in [6, 6.07) is 13.1. The van der Waals surface area contributed by atoms with Crippen molar-refractivity contribution in [3.05, 3.63) is 81.5 Å². The molecule has 0 bridgehead atoms. The van der Waals surface area contributed by atoms with E-state index in [-0.39, 0.29) is 25.4 Å². The number of fused-ring (bicyclic) bond motifs is 1. The highest BCUT2D eigenvalue weighted by atomic mass is 16.5. The molecule has 2 heterocycles. The topological polar surface area (TPSA) is 99.6 Å². The van der Waals surface area contributed by atoms with Crippen LogP contribution in [-0.4, -0.2) is 32.8 Å². The van der Waals surface area contributed by atoms with Crippen molar-refractivity contribution in [1.29, 1.82) is 0 Å². The van der Waals surface area contributed by atoms with Crippen LogP contribution >= 0.6 is 0 Å². The van der Waals surface area contributed by atoms with Crippen LogP contribution in [-0.2, 0) is 19.6 Å². The van der Waals surface area contributed by atoms with Gasteiger partial charge in [0.25, 0.3) is 0 Å². The lowest BCUT2D eigenvalue weighted by Gasteiger charge is -2.13.